The van der Waals surface area contributed by atoms with Gasteiger partial charge in [0.2, 0.25) is 11.8 Å². The Morgan fingerprint density at radius 2 is 2.14 bits per heavy atom. The Hall–Kier alpha value is -1.10. The average molecular weight is 296 g/mol. The molecule has 2 aliphatic heterocycles. The molecule has 0 saturated carbocycles. The Morgan fingerprint density at radius 3 is 2.67 bits per heavy atom. The first-order valence-corrected chi connectivity index (χ1v) is 8.08. The van der Waals surface area contributed by atoms with E-state index in [-0.39, 0.29) is 17.9 Å². The standard InChI is InChI=1S/C16H28N2O3/c1-5-16(4)15(20)17-13(8-11(2)3)14(19)18(16)9-12-6-7-21-10-12/h11-13H,5-10H2,1-4H3,(H,17,20). The van der Waals surface area contributed by atoms with Gasteiger partial charge in [-0.3, -0.25) is 9.59 Å². The van der Waals surface area contributed by atoms with Crippen molar-refractivity contribution in [3.63, 3.8) is 0 Å². The van der Waals surface area contributed by atoms with Crippen molar-refractivity contribution in [2.75, 3.05) is 19.8 Å². The normalized spacial score (nSPS) is 33.7. The highest BCUT2D eigenvalue weighted by Gasteiger charge is 2.48. The van der Waals surface area contributed by atoms with Crippen molar-refractivity contribution < 1.29 is 14.3 Å². The number of amides is 2. The van der Waals surface area contributed by atoms with E-state index in [0.717, 1.165) is 13.0 Å². The molecule has 0 aromatic heterocycles. The average Bonchev–Trinajstić information content (AvgIpc) is 2.93. The lowest BCUT2D eigenvalue weighted by atomic mass is 9.87. The van der Waals surface area contributed by atoms with Crippen molar-refractivity contribution in [3.8, 4) is 0 Å². The van der Waals surface area contributed by atoms with E-state index in [1.54, 1.807) is 0 Å². The van der Waals surface area contributed by atoms with Gasteiger partial charge in [-0.1, -0.05) is 20.8 Å². The van der Waals surface area contributed by atoms with E-state index in [9.17, 15) is 9.59 Å². The SMILES string of the molecule is CCC1(C)C(=O)NC(CC(C)C)C(=O)N1CC1CCOC1. The monoisotopic (exact) mass is 296 g/mol. The van der Waals surface area contributed by atoms with Crippen LogP contribution in [0.5, 0.6) is 0 Å². The van der Waals surface area contributed by atoms with Gasteiger partial charge in [0.15, 0.2) is 0 Å². The summed E-state index contributed by atoms with van der Waals surface area (Å²) in [6, 6.07) is -0.376. The molecule has 3 unspecified atom stereocenters. The second kappa shape index (κ2) is 6.34. The third-order valence-corrected chi connectivity index (χ3v) is 4.81. The summed E-state index contributed by atoms with van der Waals surface area (Å²) in [6.45, 7) is 10.1. The number of carbonyl (C=O) groups is 2. The Bertz CT molecular complexity index is 404. The molecular formula is C16H28N2O3. The number of hydrogen-bond acceptors (Lipinski definition) is 3. The first-order chi connectivity index (χ1) is 9.88. The van der Waals surface area contributed by atoms with Crippen LogP contribution in [0.2, 0.25) is 0 Å². The third-order valence-electron chi connectivity index (χ3n) is 4.81. The molecule has 0 bridgehead atoms. The highest BCUT2D eigenvalue weighted by Crippen LogP contribution is 2.29. The second-order valence-electron chi connectivity index (χ2n) is 6.96. The summed E-state index contributed by atoms with van der Waals surface area (Å²) in [4.78, 5) is 27.2. The van der Waals surface area contributed by atoms with Crippen LogP contribution in [-0.2, 0) is 14.3 Å². The molecule has 2 saturated heterocycles. The number of hydrogen-bond donors (Lipinski definition) is 1. The minimum atomic E-state index is -0.729. The third kappa shape index (κ3) is 3.23. The summed E-state index contributed by atoms with van der Waals surface area (Å²) in [7, 11) is 0. The summed E-state index contributed by atoms with van der Waals surface area (Å²) < 4.78 is 5.42. The van der Waals surface area contributed by atoms with Gasteiger partial charge in [-0.25, -0.2) is 0 Å². The van der Waals surface area contributed by atoms with Crippen LogP contribution >= 0.6 is 0 Å². The van der Waals surface area contributed by atoms with Crippen molar-refractivity contribution in [3.05, 3.63) is 0 Å². The van der Waals surface area contributed by atoms with Gasteiger partial charge in [-0.15, -0.1) is 0 Å². The van der Waals surface area contributed by atoms with Crippen LogP contribution in [0.3, 0.4) is 0 Å². The van der Waals surface area contributed by atoms with Crippen molar-refractivity contribution in [1.29, 1.82) is 0 Å². The lowest BCUT2D eigenvalue weighted by Crippen LogP contribution is -2.70. The van der Waals surface area contributed by atoms with Crippen molar-refractivity contribution in [2.45, 2.75) is 58.5 Å². The second-order valence-corrected chi connectivity index (χ2v) is 6.96. The molecule has 5 heteroatoms. The minimum Gasteiger partial charge on any atom is -0.381 e. The Labute approximate surface area is 127 Å². The van der Waals surface area contributed by atoms with E-state index in [1.165, 1.54) is 0 Å². The number of nitrogens with zero attached hydrogens (tertiary/aromatic N) is 1. The van der Waals surface area contributed by atoms with Gasteiger partial charge in [-0.05, 0) is 32.1 Å². The number of nitrogens with one attached hydrogen (secondary N) is 1. The number of ether oxygens (including phenoxy) is 1. The Morgan fingerprint density at radius 1 is 1.43 bits per heavy atom. The zero-order chi connectivity index (χ0) is 15.6. The van der Waals surface area contributed by atoms with E-state index < -0.39 is 5.54 Å². The maximum atomic E-state index is 12.8. The molecule has 0 aliphatic carbocycles. The summed E-state index contributed by atoms with van der Waals surface area (Å²) in [5, 5.41) is 2.93. The maximum absolute atomic E-state index is 12.8. The molecule has 2 aliphatic rings. The van der Waals surface area contributed by atoms with E-state index in [0.29, 0.717) is 37.8 Å². The highest BCUT2D eigenvalue weighted by molar-refractivity contribution is 5.99. The fourth-order valence-electron chi connectivity index (χ4n) is 3.19. The number of piperazine rings is 1. The molecule has 1 N–H and O–H groups in total. The first-order valence-electron chi connectivity index (χ1n) is 8.08. The largest absolute Gasteiger partial charge is 0.381 e. The highest BCUT2D eigenvalue weighted by atomic mass is 16.5. The van der Waals surface area contributed by atoms with Crippen LogP contribution in [0.1, 0.15) is 47.0 Å². The molecule has 2 rings (SSSR count). The Kier molecular flexibility index (Phi) is 4.91. The molecule has 21 heavy (non-hydrogen) atoms. The lowest BCUT2D eigenvalue weighted by molar-refractivity contribution is -0.158. The zero-order valence-electron chi connectivity index (χ0n) is 13.6. The van der Waals surface area contributed by atoms with Gasteiger partial charge in [0.1, 0.15) is 11.6 Å². The zero-order valence-corrected chi connectivity index (χ0v) is 13.6. The van der Waals surface area contributed by atoms with Gasteiger partial charge < -0.3 is 15.0 Å². The van der Waals surface area contributed by atoms with Crippen LogP contribution in [-0.4, -0.2) is 48.1 Å². The minimum absolute atomic E-state index is 0.0193. The fourth-order valence-corrected chi connectivity index (χ4v) is 3.19. The molecular weight excluding hydrogens is 268 g/mol. The van der Waals surface area contributed by atoms with Gasteiger partial charge >= 0.3 is 0 Å². The van der Waals surface area contributed by atoms with Gasteiger partial charge in [-0.2, -0.15) is 0 Å². The van der Waals surface area contributed by atoms with Gasteiger partial charge in [0, 0.05) is 19.1 Å². The smallest absolute Gasteiger partial charge is 0.246 e. The van der Waals surface area contributed by atoms with Gasteiger partial charge in [0.25, 0.3) is 0 Å². The molecule has 0 spiro atoms. The number of carbonyl (C=O) groups excluding carboxylic acids is 2. The quantitative estimate of drug-likeness (QED) is 0.837. The van der Waals surface area contributed by atoms with Crippen LogP contribution in [0.4, 0.5) is 0 Å². The predicted octanol–water partition coefficient (Wildman–Crippen LogP) is 1.56. The fraction of sp³-hybridized carbons (Fsp3) is 0.875. The van der Waals surface area contributed by atoms with E-state index in [2.05, 4.69) is 19.2 Å². The topological polar surface area (TPSA) is 58.6 Å². The maximum Gasteiger partial charge on any atom is 0.246 e. The molecule has 0 radical (unpaired) electrons. The van der Waals surface area contributed by atoms with Crippen molar-refractivity contribution in [2.24, 2.45) is 11.8 Å². The molecule has 120 valence electrons. The first kappa shape index (κ1) is 16.3. The molecule has 2 heterocycles. The molecule has 3 atom stereocenters. The Balaban J connectivity index is 2.19. The molecule has 2 amide bonds. The van der Waals surface area contributed by atoms with E-state index in [4.69, 9.17) is 4.74 Å². The lowest BCUT2D eigenvalue weighted by Gasteiger charge is -2.47. The van der Waals surface area contributed by atoms with E-state index >= 15 is 0 Å². The summed E-state index contributed by atoms with van der Waals surface area (Å²) in [6.07, 6.45) is 2.30. The van der Waals surface area contributed by atoms with Crippen molar-refractivity contribution in [1.82, 2.24) is 10.2 Å². The van der Waals surface area contributed by atoms with E-state index in [1.807, 2.05) is 18.7 Å². The molecule has 0 aromatic carbocycles. The predicted molar refractivity (Wildman–Crippen MR) is 80.7 cm³/mol. The summed E-state index contributed by atoms with van der Waals surface area (Å²) in [5.74, 6) is 0.779. The molecule has 0 aromatic rings. The van der Waals surface area contributed by atoms with Gasteiger partial charge in [0.05, 0.1) is 6.61 Å². The summed E-state index contributed by atoms with van der Waals surface area (Å²) >= 11 is 0. The van der Waals surface area contributed by atoms with Crippen LogP contribution in [0, 0.1) is 11.8 Å². The van der Waals surface area contributed by atoms with Crippen LogP contribution in [0.15, 0.2) is 0 Å². The molecule has 2 fully saturated rings. The van der Waals surface area contributed by atoms with Crippen LogP contribution in [0.25, 0.3) is 0 Å². The van der Waals surface area contributed by atoms with Crippen LogP contribution < -0.4 is 5.32 Å². The molecule has 5 nitrogen and oxygen atoms in total. The van der Waals surface area contributed by atoms with Crippen molar-refractivity contribution >= 4 is 11.8 Å². The summed E-state index contributed by atoms with van der Waals surface area (Å²) in [5.41, 5.74) is -0.729. The number of rotatable bonds is 5.